The molecule has 0 aliphatic heterocycles. The first kappa shape index (κ1) is 13.9. The lowest BCUT2D eigenvalue weighted by atomic mass is 10.1. The SMILES string of the molecule is Cn1ncc(NCCCN)c1Cc1cccc(Cl)c1. The monoisotopic (exact) mass is 278 g/mol. The van der Waals surface area contributed by atoms with E-state index in [0.29, 0.717) is 6.54 Å². The predicted octanol–water partition coefficient (Wildman–Crippen LogP) is 2.42. The lowest BCUT2D eigenvalue weighted by Gasteiger charge is -2.09. The first-order valence-corrected chi connectivity index (χ1v) is 6.77. The van der Waals surface area contributed by atoms with Gasteiger partial charge in [0.05, 0.1) is 17.6 Å². The molecule has 0 unspecified atom stereocenters. The summed E-state index contributed by atoms with van der Waals surface area (Å²) in [6, 6.07) is 7.91. The Morgan fingerprint density at radius 1 is 1.42 bits per heavy atom. The quantitative estimate of drug-likeness (QED) is 0.798. The molecule has 2 aromatic rings. The Morgan fingerprint density at radius 3 is 3.00 bits per heavy atom. The minimum atomic E-state index is 0.691. The van der Waals surface area contributed by atoms with E-state index in [1.54, 1.807) is 0 Å². The van der Waals surface area contributed by atoms with Crippen molar-refractivity contribution >= 4 is 17.3 Å². The van der Waals surface area contributed by atoms with Crippen LogP contribution in [0.2, 0.25) is 5.02 Å². The molecule has 5 heteroatoms. The summed E-state index contributed by atoms with van der Waals surface area (Å²) in [7, 11) is 1.95. The average Bonchev–Trinajstić information content (AvgIpc) is 2.72. The Balaban J connectivity index is 2.12. The van der Waals surface area contributed by atoms with E-state index in [0.717, 1.165) is 35.8 Å². The van der Waals surface area contributed by atoms with Gasteiger partial charge in [0.25, 0.3) is 0 Å². The van der Waals surface area contributed by atoms with Crippen LogP contribution in [0.15, 0.2) is 30.5 Å². The summed E-state index contributed by atoms with van der Waals surface area (Å²) in [5.41, 5.74) is 8.90. The lowest BCUT2D eigenvalue weighted by molar-refractivity contribution is 0.724. The van der Waals surface area contributed by atoms with Gasteiger partial charge in [-0.25, -0.2) is 0 Å². The molecular weight excluding hydrogens is 260 g/mol. The van der Waals surface area contributed by atoms with Gasteiger partial charge in [-0.3, -0.25) is 4.68 Å². The number of nitrogens with one attached hydrogen (secondary N) is 1. The number of hydrogen-bond donors (Lipinski definition) is 2. The molecule has 0 saturated heterocycles. The van der Waals surface area contributed by atoms with Crippen LogP contribution < -0.4 is 11.1 Å². The summed E-state index contributed by atoms with van der Waals surface area (Å²) in [5, 5.41) is 8.44. The first-order chi connectivity index (χ1) is 9.20. The Hall–Kier alpha value is -1.52. The standard InChI is InChI=1S/C14H19ClN4/c1-19-14(9-11-4-2-5-12(15)8-11)13(10-18-19)17-7-3-6-16/h2,4-5,8,10,17H,3,6-7,9,16H2,1H3. The molecule has 1 aromatic heterocycles. The van der Waals surface area contributed by atoms with Gasteiger partial charge in [-0.05, 0) is 30.7 Å². The van der Waals surface area contributed by atoms with Crippen LogP contribution in [0.4, 0.5) is 5.69 Å². The van der Waals surface area contributed by atoms with E-state index < -0.39 is 0 Å². The Labute approximate surface area is 118 Å². The van der Waals surface area contributed by atoms with Gasteiger partial charge in [-0.15, -0.1) is 0 Å². The van der Waals surface area contributed by atoms with Crippen LogP contribution in [-0.4, -0.2) is 22.9 Å². The number of aromatic nitrogens is 2. The molecule has 4 nitrogen and oxygen atoms in total. The molecule has 19 heavy (non-hydrogen) atoms. The third-order valence-electron chi connectivity index (χ3n) is 3.02. The van der Waals surface area contributed by atoms with E-state index in [1.165, 1.54) is 5.56 Å². The molecular formula is C14H19ClN4. The van der Waals surface area contributed by atoms with Crippen molar-refractivity contribution in [2.24, 2.45) is 12.8 Å². The number of hydrogen-bond acceptors (Lipinski definition) is 3. The molecule has 0 atom stereocenters. The fourth-order valence-electron chi connectivity index (χ4n) is 1.99. The van der Waals surface area contributed by atoms with E-state index in [1.807, 2.05) is 36.1 Å². The average molecular weight is 279 g/mol. The molecule has 1 aromatic carbocycles. The number of anilines is 1. The van der Waals surface area contributed by atoms with E-state index in [4.69, 9.17) is 17.3 Å². The molecule has 0 spiro atoms. The van der Waals surface area contributed by atoms with Gasteiger partial charge in [-0.1, -0.05) is 23.7 Å². The van der Waals surface area contributed by atoms with Crippen molar-refractivity contribution in [3.8, 4) is 0 Å². The maximum Gasteiger partial charge on any atom is 0.0762 e. The molecule has 1 heterocycles. The number of nitrogens with zero attached hydrogens (tertiary/aromatic N) is 2. The zero-order chi connectivity index (χ0) is 13.7. The van der Waals surface area contributed by atoms with Crippen LogP contribution in [0, 0.1) is 0 Å². The maximum atomic E-state index is 6.02. The summed E-state index contributed by atoms with van der Waals surface area (Å²) in [6.45, 7) is 1.56. The van der Waals surface area contributed by atoms with E-state index in [2.05, 4.69) is 16.5 Å². The summed E-state index contributed by atoms with van der Waals surface area (Å²) < 4.78 is 1.89. The van der Waals surface area contributed by atoms with Gasteiger partial charge in [0.1, 0.15) is 0 Å². The Kier molecular flexibility index (Phi) is 4.82. The second-order valence-electron chi connectivity index (χ2n) is 4.50. The van der Waals surface area contributed by atoms with Gasteiger partial charge >= 0.3 is 0 Å². The highest BCUT2D eigenvalue weighted by Gasteiger charge is 2.09. The minimum Gasteiger partial charge on any atom is -0.382 e. The number of rotatable bonds is 6. The van der Waals surface area contributed by atoms with Crippen molar-refractivity contribution in [2.45, 2.75) is 12.8 Å². The van der Waals surface area contributed by atoms with Crippen LogP contribution in [0.1, 0.15) is 17.7 Å². The van der Waals surface area contributed by atoms with Crippen molar-refractivity contribution in [1.82, 2.24) is 9.78 Å². The third-order valence-corrected chi connectivity index (χ3v) is 3.25. The van der Waals surface area contributed by atoms with Crippen LogP contribution in [0.5, 0.6) is 0 Å². The molecule has 3 N–H and O–H groups in total. The molecule has 0 amide bonds. The second-order valence-corrected chi connectivity index (χ2v) is 4.94. The zero-order valence-corrected chi connectivity index (χ0v) is 11.8. The predicted molar refractivity (Wildman–Crippen MR) is 79.6 cm³/mol. The normalized spacial score (nSPS) is 10.7. The summed E-state index contributed by atoms with van der Waals surface area (Å²) >= 11 is 6.02. The van der Waals surface area contributed by atoms with Gasteiger partial charge in [0.2, 0.25) is 0 Å². The van der Waals surface area contributed by atoms with E-state index in [-0.39, 0.29) is 0 Å². The second kappa shape index (κ2) is 6.59. The Morgan fingerprint density at radius 2 is 2.26 bits per heavy atom. The molecule has 102 valence electrons. The summed E-state index contributed by atoms with van der Waals surface area (Å²) in [4.78, 5) is 0. The van der Waals surface area contributed by atoms with Crippen LogP contribution >= 0.6 is 11.6 Å². The number of benzene rings is 1. The molecule has 2 rings (SSSR count). The van der Waals surface area contributed by atoms with E-state index >= 15 is 0 Å². The van der Waals surface area contributed by atoms with Gasteiger partial charge < -0.3 is 11.1 Å². The zero-order valence-electron chi connectivity index (χ0n) is 11.1. The lowest BCUT2D eigenvalue weighted by Crippen LogP contribution is -2.10. The molecule has 0 bridgehead atoms. The first-order valence-electron chi connectivity index (χ1n) is 6.40. The van der Waals surface area contributed by atoms with Crippen molar-refractivity contribution in [2.75, 3.05) is 18.4 Å². The van der Waals surface area contributed by atoms with Crippen LogP contribution in [0.25, 0.3) is 0 Å². The van der Waals surface area contributed by atoms with Crippen LogP contribution in [-0.2, 0) is 13.5 Å². The maximum absolute atomic E-state index is 6.02. The largest absolute Gasteiger partial charge is 0.382 e. The van der Waals surface area contributed by atoms with Gasteiger partial charge in [0.15, 0.2) is 0 Å². The Bertz CT molecular complexity index is 536. The van der Waals surface area contributed by atoms with E-state index in [9.17, 15) is 0 Å². The summed E-state index contributed by atoms with van der Waals surface area (Å²) in [5.74, 6) is 0. The third kappa shape index (κ3) is 3.72. The molecule has 0 fully saturated rings. The fraction of sp³-hybridized carbons (Fsp3) is 0.357. The minimum absolute atomic E-state index is 0.691. The summed E-state index contributed by atoms with van der Waals surface area (Å²) in [6.07, 6.45) is 3.61. The highest BCUT2D eigenvalue weighted by Crippen LogP contribution is 2.20. The number of halogens is 1. The molecule has 0 radical (unpaired) electrons. The highest BCUT2D eigenvalue weighted by atomic mass is 35.5. The fourth-order valence-corrected chi connectivity index (χ4v) is 2.20. The topological polar surface area (TPSA) is 55.9 Å². The highest BCUT2D eigenvalue weighted by molar-refractivity contribution is 6.30. The van der Waals surface area contributed by atoms with Gasteiger partial charge in [0, 0.05) is 25.0 Å². The smallest absolute Gasteiger partial charge is 0.0762 e. The number of aryl methyl sites for hydroxylation is 1. The number of nitrogens with two attached hydrogens (primary N) is 1. The van der Waals surface area contributed by atoms with Gasteiger partial charge in [-0.2, -0.15) is 5.10 Å². The molecule has 0 aliphatic carbocycles. The van der Waals surface area contributed by atoms with Crippen molar-refractivity contribution in [3.63, 3.8) is 0 Å². The van der Waals surface area contributed by atoms with Crippen molar-refractivity contribution in [3.05, 3.63) is 46.7 Å². The van der Waals surface area contributed by atoms with Crippen molar-refractivity contribution < 1.29 is 0 Å². The molecule has 0 saturated carbocycles. The molecule has 0 aliphatic rings. The van der Waals surface area contributed by atoms with Crippen molar-refractivity contribution in [1.29, 1.82) is 0 Å². The van der Waals surface area contributed by atoms with Crippen LogP contribution in [0.3, 0.4) is 0 Å².